The number of fused-ring (bicyclic) bond motifs is 1. The van der Waals surface area contributed by atoms with Crippen LogP contribution in [0.2, 0.25) is 0 Å². The minimum Gasteiger partial charge on any atom is -0.387 e. The molecule has 1 fully saturated rings. The average molecular weight is 427 g/mol. The Morgan fingerprint density at radius 1 is 1.16 bits per heavy atom. The van der Waals surface area contributed by atoms with Gasteiger partial charge in [-0.1, -0.05) is 37.3 Å². The number of aliphatic hydroxyl groups excluding tert-OH is 1. The number of hydrogen-bond donors (Lipinski definition) is 2. The third-order valence-electron chi connectivity index (χ3n) is 6.70. The van der Waals surface area contributed by atoms with Crippen molar-refractivity contribution < 1.29 is 19.4 Å². The van der Waals surface area contributed by atoms with Crippen LogP contribution in [0.15, 0.2) is 42.5 Å². The smallest absolute Gasteiger partial charge is 0.226 e. The number of rotatable bonds is 5. The van der Waals surface area contributed by atoms with E-state index in [2.05, 4.69) is 4.90 Å². The molecule has 6 heteroatoms. The summed E-state index contributed by atoms with van der Waals surface area (Å²) in [5, 5.41) is 21.8. The van der Waals surface area contributed by atoms with Crippen LogP contribution in [0, 0.1) is 5.82 Å². The van der Waals surface area contributed by atoms with Gasteiger partial charge in [0, 0.05) is 43.9 Å². The normalized spacial score (nSPS) is 19.7. The highest BCUT2D eigenvalue weighted by molar-refractivity contribution is 5.94. The number of aryl methyl sites for hydroxylation is 1. The Morgan fingerprint density at radius 3 is 2.61 bits per heavy atom. The number of amides is 1. The van der Waals surface area contributed by atoms with Gasteiger partial charge in [-0.2, -0.15) is 0 Å². The van der Waals surface area contributed by atoms with Crippen LogP contribution in [0.1, 0.15) is 55.4 Å². The first-order valence-electron chi connectivity index (χ1n) is 11.2. The van der Waals surface area contributed by atoms with Gasteiger partial charge in [-0.3, -0.25) is 4.79 Å². The summed E-state index contributed by atoms with van der Waals surface area (Å²) in [5.41, 5.74) is 2.11. The van der Waals surface area contributed by atoms with E-state index in [1.54, 1.807) is 18.2 Å². The molecule has 1 amide bonds. The predicted octanol–water partition coefficient (Wildman–Crippen LogP) is 3.53. The van der Waals surface area contributed by atoms with Crippen molar-refractivity contribution in [2.24, 2.45) is 0 Å². The largest absolute Gasteiger partial charge is 0.387 e. The maximum atomic E-state index is 14.1. The van der Waals surface area contributed by atoms with Crippen LogP contribution in [-0.2, 0) is 16.8 Å². The van der Waals surface area contributed by atoms with Gasteiger partial charge in [0.15, 0.2) is 0 Å². The first-order valence-corrected chi connectivity index (χ1v) is 11.2. The van der Waals surface area contributed by atoms with Gasteiger partial charge < -0.3 is 20.0 Å². The summed E-state index contributed by atoms with van der Waals surface area (Å²) in [6.07, 6.45) is 2.53. The van der Waals surface area contributed by atoms with E-state index in [9.17, 15) is 19.4 Å². The lowest BCUT2D eigenvalue weighted by Gasteiger charge is -2.39. The Labute approximate surface area is 183 Å². The zero-order valence-electron chi connectivity index (χ0n) is 18.1. The van der Waals surface area contributed by atoms with E-state index in [0.717, 1.165) is 36.2 Å². The zero-order valence-corrected chi connectivity index (χ0v) is 18.1. The van der Waals surface area contributed by atoms with Crippen LogP contribution < -0.4 is 4.90 Å². The second kappa shape index (κ2) is 9.07. The zero-order chi connectivity index (χ0) is 22.0. The van der Waals surface area contributed by atoms with E-state index in [1.807, 2.05) is 30.0 Å². The van der Waals surface area contributed by atoms with E-state index in [4.69, 9.17) is 0 Å². The van der Waals surface area contributed by atoms with Crippen molar-refractivity contribution in [1.29, 1.82) is 0 Å². The summed E-state index contributed by atoms with van der Waals surface area (Å²) < 4.78 is 14.1. The van der Waals surface area contributed by atoms with Gasteiger partial charge in [-0.15, -0.1) is 0 Å². The van der Waals surface area contributed by atoms with E-state index < -0.39 is 11.7 Å². The lowest BCUT2D eigenvalue weighted by Crippen LogP contribution is -2.44. The molecule has 0 radical (unpaired) electrons. The lowest BCUT2D eigenvalue weighted by molar-refractivity contribution is -0.118. The van der Waals surface area contributed by atoms with Crippen molar-refractivity contribution >= 4 is 11.6 Å². The van der Waals surface area contributed by atoms with Crippen LogP contribution in [0.4, 0.5) is 10.1 Å². The standard InChI is InChI=1S/C25H31FN2O3/c1-2-24(30)28-13-5-6-18-16-19(9-10-22(18)28)23(29)17-27-14-11-25(31,12-15-27)20-7-3-4-8-21(20)26/h3-4,7-10,16,23,29,31H,2,5-6,11-15,17H2,1H3. The number of β-amino-alcohol motifs (C(OH)–C–C–N with tert-alkyl or cyclic N) is 1. The number of piperidine rings is 1. The molecule has 0 aliphatic carbocycles. The van der Waals surface area contributed by atoms with Gasteiger partial charge in [0.2, 0.25) is 5.91 Å². The van der Waals surface area contributed by atoms with Crippen molar-refractivity contribution in [1.82, 2.24) is 4.90 Å². The fraction of sp³-hybridized carbons (Fsp3) is 0.480. The van der Waals surface area contributed by atoms with Gasteiger partial charge in [-0.05, 0) is 48.9 Å². The Bertz CT molecular complexity index is 940. The highest BCUT2D eigenvalue weighted by Gasteiger charge is 2.36. The minimum absolute atomic E-state index is 0.130. The van der Waals surface area contributed by atoms with Crippen LogP contribution in [0.5, 0.6) is 0 Å². The second-order valence-corrected chi connectivity index (χ2v) is 8.72. The van der Waals surface area contributed by atoms with Crippen LogP contribution in [0.25, 0.3) is 0 Å². The minimum atomic E-state index is -1.16. The monoisotopic (exact) mass is 426 g/mol. The molecule has 5 nitrogen and oxygen atoms in total. The summed E-state index contributed by atoms with van der Waals surface area (Å²) in [4.78, 5) is 16.2. The molecule has 4 rings (SSSR count). The molecule has 166 valence electrons. The first kappa shape index (κ1) is 21.9. The molecule has 2 aliphatic rings. The highest BCUT2D eigenvalue weighted by Crippen LogP contribution is 2.35. The number of aliphatic hydroxyl groups is 2. The number of benzene rings is 2. The number of nitrogens with zero attached hydrogens (tertiary/aromatic N) is 2. The number of halogens is 1. The molecule has 2 heterocycles. The number of carbonyl (C=O) groups excluding carboxylic acids is 1. The Kier molecular flexibility index (Phi) is 6.42. The molecule has 1 unspecified atom stereocenters. The lowest BCUT2D eigenvalue weighted by atomic mass is 9.84. The Hall–Kier alpha value is -2.28. The molecule has 0 aromatic heterocycles. The molecule has 1 saturated heterocycles. The first-order chi connectivity index (χ1) is 14.9. The summed E-state index contributed by atoms with van der Waals surface area (Å²) in [6.45, 7) is 4.27. The molecule has 2 aromatic rings. The molecule has 0 saturated carbocycles. The molecule has 2 aliphatic heterocycles. The predicted molar refractivity (Wildman–Crippen MR) is 118 cm³/mol. The van der Waals surface area contributed by atoms with E-state index in [-0.39, 0.29) is 11.7 Å². The van der Waals surface area contributed by atoms with Gasteiger partial charge in [0.25, 0.3) is 0 Å². The molecular weight excluding hydrogens is 395 g/mol. The highest BCUT2D eigenvalue weighted by atomic mass is 19.1. The fourth-order valence-corrected chi connectivity index (χ4v) is 4.84. The summed E-state index contributed by atoms with van der Waals surface area (Å²) in [5.74, 6) is -0.243. The Morgan fingerprint density at radius 2 is 1.90 bits per heavy atom. The van der Waals surface area contributed by atoms with Gasteiger partial charge in [-0.25, -0.2) is 4.39 Å². The third-order valence-corrected chi connectivity index (χ3v) is 6.70. The number of anilines is 1. The maximum Gasteiger partial charge on any atom is 0.226 e. The molecule has 31 heavy (non-hydrogen) atoms. The maximum absolute atomic E-state index is 14.1. The number of hydrogen-bond acceptors (Lipinski definition) is 4. The Balaban J connectivity index is 1.40. The molecule has 0 bridgehead atoms. The second-order valence-electron chi connectivity index (χ2n) is 8.72. The van der Waals surface area contributed by atoms with Crippen molar-refractivity contribution in [3.63, 3.8) is 0 Å². The fourth-order valence-electron chi connectivity index (χ4n) is 4.84. The van der Waals surface area contributed by atoms with Crippen molar-refractivity contribution in [3.05, 3.63) is 65.0 Å². The third kappa shape index (κ3) is 4.52. The van der Waals surface area contributed by atoms with Gasteiger partial charge >= 0.3 is 0 Å². The molecule has 0 spiro atoms. The summed E-state index contributed by atoms with van der Waals surface area (Å²) >= 11 is 0. The number of carbonyl (C=O) groups is 1. The van der Waals surface area contributed by atoms with E-state index >= 15 is 0 Å². The van der Waals surface area contributed by atoms with Crippen molar-refractivity contribution in [2.75, 3.05) is 31.1 Å². The van der Waals surface area contributed by atoms with Crippen LogP contribution in [0.3, 0.4) is 0 Å². The summed E-state index contributed by atoms with van der Waals surface area (Å²) in [6, 6.07) is 12.3. The molecule has 2 aromatic carbocycles. The molecular formula is C25H31FN2O3. The van der Waals surface area contributed by atoms with Crippen LogP contribution in [-0.4, -0.2) is 47.2 Å². The SMILES string of the molecule is CCC(=O)N1CCCc2cc(C(O)CN3CCC(O)(c4ccccc4F)CC3)ccc21. The van der Waals surface area contributed by atoms with Gasteiger partial charge in [0.1, 0.15) is 5.82 Å². The topological polar surface area (TPSA) is 64.0 Å². The van der Waals surface area contributed by atoms with Crippen molar-refractivity contribution in [3.8, 4) is 0 Å². The van der Waals surface area contributed by atoms with Gasteiger partial charge in [0.05, 0.1) is 11.7 Å². The average Bonchev–Trinajstić information content (AvgIpc) is 2.79. The van der Waals surface area contributed by atoms with E-state index in [1.165, 1.54) is 6.07 Å². The molecule has 2 N–H and O–H groups in total. The van der Waals surface area contributed by atoms with E-state index in [0.29, 0.717) is 44.5 Å². The van der Waals surface area contributed by atoms with Crippen LogP contribution >= 0.6 is 0 Å². The van der Waals surface area contributed by atoms with Crippen molar-refractivity contribution in [2.45, 2.75) is 50.7 Å². The molecule has 1 atom stereocenters. The summed E-state index contributed by atoms with van der Waals surface area (Å²) in [7, 11) is 0. The number of likely N-dealkylation sites (tertiary alicyclic amines) is 1. The quantitative estimate of drug-likeness (QED) is 0.768.